The van der Waals surface area contributed by atoms with Gasteiger partial charge < -0.3 is 96.1 Å². The van der Waals surface area contributed by atoms with E-state index in [4.69, 9.17) is 17.2 Å². The van der Waals surface area contributed by atoms with Gasteiger partial charge >= 0.3 is 17.9 Å². The third kappa shape index (κ3) is 29.6. The van der Waals surface area contributed by atoms with Crippen molar-refractivity contribution >= 4 is 110 Å². The summed E-state index contributed by atoms with van der Waals surface area (Å²) >= 11 is 0. The molecule has 86 heavy (non-hydrogen) atoms. The Kier molecular flexibility index (Phi) is 35.1. The lowest BCUT2D eigenvalue weighted by Gasteiger charge is -2.29. The fraction of sp³-hybridized carbons (Fsp3) is 0.706. The zero-order chi connectivity index (χ0) is 65.5. The van der Waals surface area contributed by atoms with Gasteiger partial charge in [-0.05, 0) is 76.2 Å². The van der Waals surface area contributed by atoms with Crippen molar-refractivity contribution in [2.24, 2.45) is 35.0 Å². The summed E-state index contributed by atoms with van der Waals surface area (Å²) in [4.78, 5) is 198. The molecule has 0 aliphatic carbocycles. The van der Waals surface area contributed by atoms with E-state index in [1.54, 1.807) is 27.7 Å². The SMILES string of the molecule is CC(C)C[C@@H]1NC(=O)C(CCC(N)=O)NC(=O)[C@H](CO)NC(=O)C(C(C)C)NC(=O)[C@H](CCC(=O)O)NC(=O)[C@@H](N)CSSCC(C(=O)O)NC(=O)[C@H](C)NC(=O)C(CC(=O)O)NC(=O)CNC(=O)[C@H](CCCCN)NC(=O)[C@H](CC(C)C)NC1=O. The molecular formula is C51H86N14O19S2. The molecule has 1 fully saturated rings. The molecule has 0 bridgehead atoms. The first-order valence-electron chi connectivity index (χ1n) is 27.8. The predicted octanol–water partition coefficient (Wildman–Crippen LogP) is -5.75. The second-order valence-corrected chi connectivity index (χ2v) is 24.1. The molecule has 486 valence electrons. The Morgan fingerprint density at radius 2 is 0.988 bits per heavy atom. The van der Waals surface area contributed by atoms with Crippen LogP contribution >= 0.6 is 21.6 Å². The zero-order valence-corrected chi connectivity index (χ0v) is 50.8. The molecule has 11 atom stereocenters. The molecule has 0 radical (unpaired) electrons. The Labute approximate surface area is 504 Å². The number of aliphatic hydroxyl groups is 1. The average molecular weight is 1260 g/mol. The summed E-state index contributed by atoms with van der Waals surface area (Å²) in [6.07, 6.45) is -2.71. The van der Waals surface area contributed by atoms with E-state index in [1.807, 2.05) is 0 Å². The number of hydrogen-bond donors (Lipinski definition) is 18. The van der Waals surface area contributed by atoms with Crippen molar-refractivity contribution in [3.05, 3.63) is 0 Å². The predicted molar refractivity (Wildman–Crippen MR) is 310 cm³/mol. The largest absolute Gasteiger partial charge is 0.481 e. The maximum Gasteiger partial charge on any atom is 0.327 e. The summed E-state index contributed by atoms with van der Waals surface area (Å²) in [5.41, 5.74) is 17.2. The number of amides is 12. The van der Waals surface area contributed by atoms with E-state index in [0.29, 0.717) is 6.42 Å². The Balaban J connectivity index is 3.89. The number of rotatable bonds is 19. The molecule has 0 aromatic carbocycles. The average Bonchev–Trinajstić information content (AvgIpc) is 2.50. The number of nitrogens with two attached hydrogens (primary N) is 3. The van der Waals surface area contributed by atoms with Gasteiger partial charge in [-0.2, -0.15) is 0 Å². The highest BCUT2D eigenvalue weighted by molar-refractivity contribution is 8.76. The molecular weight excluding hydrogens is 1180 g/mol. The van der Waals surface area contributed by atoms with Gasteiger partial charge in [0, 0.05) is 24.3 Å². The highest BCUT2D eigenvalue weighted by Crippen LogP contribution is 2.23. The Hall–Kier alpha value is -7.37. The van der Waals surface area contributed by atoms with Crippen molar-refractivity contribution in [1.82, 2.24) is 58.5 Å². The van der Waals surface area contributed by atoms with Crippen LogP contribution in [0.15, 0.2) is 0 Å². The second kappa shape index (κ2) is 39.4. The molecule has 1 heterocycles. The first kappa shape index (κ1) is 76.6. The number of carboxylic acid groups (broad SMARTS) is 3. The number of aliphatic hydroxyl groups excluding tert-OH is 1. The standard InChI is InChI=1S/C51H86N14O19S2/c1-23(2)16-31-47(79)59-28(10-8-9-15-52)43(75)55-19-37(68)57-33(18-39(71)72)46(78)56-26(7)41(73)64-35(51(83)84)22-86-85-21-27(53)42(74)58-30(12-14-38(69)70)45(77)65-40(25(5)6)50(82)63-34(20-66)49(81)60-29(11-13-36(54)67)44(76)61-32(17-24(3)4)48(80)62-31/h23-35,40,66H,8-22,52-53H2,1-7H3,(H2,54,67)(H,55,75)(H,56,78)(H,57,68)(H,58,74)(H,59,79)(H,60,81)(H,61,76)(H,62,80)(H,63,82)(H,64,73)(H,65,77)(H,69,70)(H,71,72)(H,83,84)/t26-,27-,28-,29?,30-,31-,32-,33?,34-,35?,40?/m0/s1. The monoisotopic (exact) mass is 1260 g/mol. The van der Waals surface area contributed by atoms with Gasteiger partial charge in [0.25, 0.3) is 0 Å². The third-order valence-corrected chi connectivity index (χ3v) is 15.1. The van der Waals surface area contributed by atoms with E-state index in [2.05, 4.69) is 58.5 Å². The maximum absolute atomic E-state index is 14.2. The number of carbonyl (C=O) groups excluding carboxylic acids is 12. The number of unbranched alkanes of at least 4 members (excludes halogenated alkanes) is 1. The van der Waals surface area contributed by atoms with Crippen molar-refractivity contribution in [2.75, 3.05) is 31.2 Å². The van der Waals surface area contributed by atoms with Crippen LogP contribution in [0.25, 0.3) is 0 Å². The third-order valence-electron chi connectivity index (χ3n) is 12.6. The Morgan fingerprint density at radius 1 is 0.523 bits per heavy atom. The molecule has 0 aromatic rings. The summed E-state index contributed by atoms with van der Waals surface area (Å²) in [5, 5.41) is 65.2. The molecule has 0 aromatic heterocycles. The lowest BCUT2D eigenvalue weighted by molar-refractivity contribution is -0.142. The van der Waals surface area contributed by atoms with E-state index in [1.165, 1.54) is 13.8 Å². The van der Waals surface area contributed by atoms with Gasteiger partial charge in [0.05, 0.1) is 25.6 Å². The van der Waals surface area contributed by atoms with Crippen LogP contribution < -0.4 is 75.7 Å². The lowest BCUT2D eigenvalue weighted by atomic mass is 9.99. The minimum atomic E-state index is -1.86. The smallest absolute Gasteiger partial charge is 0.327 e. The quantitative estimate of drug-likeness (QED) is 0.0423. The Bertz CT molecular complexity index is 2400. The summed E-state index contributed by atoms with van der Waals surface area (Å²) in [7, 11) is 1.68. The van der Waals surface area contributed by atoms with Gasteiger partial charge in [0.15, 0.2) is 0 Å². The van der Waals surface area contributed by atoms with Crippen molar-refractivity contribution in [2.45, 2.75) is 179 Å². The molecule has 1 saturated heterocycles. The number of primary amides is 1. The van der Waals surface area contributed by atoms with Crippen molar-refractivity contribution in [1.29, 1.82) is 0 Å². The summed E-state index contributed by atoms with van der Waals surface area (Å²) in [6, 6.07) is -17.4. The molecule has 4 unspecified atom stereocenters. The van der Waals surface area contributed by atoms with Gasteiger partial charge in [-0.3, -0.25) is 67.1 Å². The number of carboxylic acids is 3. The molecule has 33 nitrogen and oxygen atoms in total. The molecule has 12 amide bonds. The van der Waals surface area contributed by atoms with Gasteiger partial charge in [0.2, 0.25) is 70.9 Å². The van der Waals surface area contributed by atoms with Crippen LogP contribution in [0.4, 0.5) is 0 Å². The fourth-order valence-electron chi connectivity index (χ4n) is 7.96. The Morgan fingerprint density at radius 3 is 1.48 bits per heavy atom. The zero-order valence-electron chi connectivity index (χ0n) is 49.2. The molecule has 35 heteroatoms. The van der Waals surface area contributed by atoms with E-state index >= 15 is 0 Å². The van der Waals surface area contributed by atoms with Crippen LogP contribution in [0.1, 0.15) is 113 Å². The summed E-state index contributed by atoms with van der Waals surface area (Å²) in [6.45, 7) is 9.13. The van der Waals surface area contributed by atoms with Crippen molar-refractivity contribution in [3.63, 3.8) is 0 Å². The fourth-order valence-corrected chi connectivity index (χ4v) is 10.2. The number of aliphatic carboxylic acids is 3. The van der Waals surface area contributed by atoms with Gasteiger partial charge in [0.1, 0.15) is 60.4 Å². The van der Waals surface area contributed by atoms with Gasteiger partial charge in [-0.25, -0.2) is 4.79 Å². The molecule has 1 aliphatic rings. The second-order valence-electron chi connectivity index (χ2n) is 21.5. The molecule has 21 N–H and O–H groups in total. The van der Waals surface area contributed by atoms with E-state index in [-0.39, 0.29) is 55.6 Å². The first-order chi connectivity index (χ1) is 40.2. The highest BCUT2D eigenvalue weighted by atomic mass is 33.1. The summed E-state index contributed by atoms with van der Waals surface area (Å²) in [5.74, 6) is -18.9. The molecule has 1 aliphatic heterocycles. The first-order valence-corrected chi connectivity index (χ1v) is 30.3. The molecule has 0 saturated carbocycles. The van der Waals surface area contributed by atoms with E-state index in [0.717, 1.165) is 28.5 Å². The number of nitrogens with one attached hydrogen (secondary N) is 11. The van der Waals surface area contributed by atoms with Crippen molar-refractivity contribution < 1.29 is 92.3 Å². The van der Waals surface area contributed by atoms with Crippen LogP contribution in [0.5, 0.6) is 0 Å². The lowest BCUT2D eigenvalue weighted by Crippen LogP contribution is -2.61. The minimum absolute atomic E-state index is 0.0331. The van der Waals surface area contributed by atoms with Crippen LogP contribution in [-0.4, -0.2) is 207 Å². The van der Waals surface area contributed by atoms with Crippen molar-refractivity contribution in [3.8, 4) is 0 Å². The number of carbonyl (C=O) groups is 15. The normalized spacial score (nSPS) is 26.1. The van der Waals surface area contributed by atoms with Crippen LogP contribution in [0, 0.1) is 17.8 Å². The topological polar surface area (TPSA) is 547 Å². The van der Waals surface area contributed by atoms with Gasteiger partial charge in [-0.15, -0.1) is 0 Å². The van der Waals surface area contributed by atoms with Gasteiger partial charge in [-0.1, -0.05) is 63.1 Å². The van der Waals surface area contributed by atoms with Crippen LogP contribution in [0.2, 0.25) is 0 Å². The molecule has 1 rings (SSSR count). The van der Waals surface area contributed by atoms with Crippen LogP contribution in [-0.2, 0) is 71.9 Å². The summed E-state index contributed by atoms with van der Waals surface area (Å²) < 4.78 is 0. The molecule has 0 spiro atoms. The van der Waals surface area contributed by atoms with E-state index in [9.17, 15) is 92.3 Å². The number of hydrogen-bond acceptors (Lipinski definition) is 20. The maximum atomic E-state index is 14.2. The minimum Gasteiger partial charge on any atom is -0.481 e. The highest BCUT2D eigenvalue weighted by Gasteiger charge is 2.37. The van der Waals surface area contributed by atoms with E-state index < -0.39 is 206 Å². The van der Waals surface area contributed by atoms with Crippen LogP contribution in [0.3, 0.4) is 0 Å².